The molecule has 0 unspecified atom stereocenters. The molecule has 0 fully saturated rings. The Kier molecular flexibility index (Phi) is 4.95. The quantitative estimate of drug-likeness (QED) is 0.417. The fourth-order valence-electron chi connectivity index (χ4n) is 3.48. The van der Waals surface area contributed by atoms with E-state index in [4.69, 9.17) is 16.0 Å². The van der Waals surface area contributed by atoms with Gasteiger partial charge < -0.3 is 14.7 Å². The topological polar surface area (TPSA) is 115 Å². The summed E-state index contributed by atoms with van der Waals surface area (Å²) in [7, 11) is 1.87. The molecular formula is C22H18ClN7O2. The lowest BCUT2D eigenvalue weighted by Crippen LogP contribution is -2.05. The van der Waals surface area contributed by atoms with Crippen molar-refractivity contribution in [3.63, 3.8) is 0 Å². The van der Waals surface area contributed by atoms with Gasteiger partial charge in [0.2, 0.25) is 17.7 Å². The average Bonchev–Trinajstić information content (AvgIpc) is 3.48. The van der Waals surface area contributed by atoms with Crippen molar-refractivity contribution in [2.45, 2.75) is 13.3 Å². The molecule has 0 saturated carbocycles. The van der Waals surface area contributed by atoms with Crippen molar-refractivity contribution in [1.82, 2.24) is 29.9 Å². The zero-order valence-corrected chi connectivity index (χ0v) is 18.0. The zero-order chi connectivity index (χ0) is 22.2. The molecule has 2 N–H and O–H groups in total. The van der Waals surface area contributed by atoms with Crippen LogP contribution < -0.4 is 5.32 Å². The Labute approximate surface area is 187 Å². The standard InChI is InChI=1S/C22H18ClN7O2/c1-12(31)27-16-4-3-13(19(23)7-16)6-20-28-29-22(32-20)18-10-25-21-17(18)5-14(8-24-21)15-9-26-30(2)11-15/h3-5,7-11H,6H2,1-2H3,(H,24,25)(H,27,31). The van der Waals surface area contributed by atoms with E-state index in [1.54, 1.807) is 35.4 Å². The number of hydrogen-bond acceptors (Lipinski definition) is 6. The minimum Gasteiger partial charge on any atom is -0.420 e. The first-order valence-corrected chi connectivity index (χ1v) is 10.2. The van der Waals surface area contributed by atoms with Gasteiger partial charge in [-0.1, -0.05) is 17.7 Å². The van der Waals surface area contributed by atoms with Gasteiger partial charge in [-0.3, -0.25) is 9.48 Å². The molecule has 5 aromatic rings. The summed E-state index contributed by atoms with van der Waals surface area (Å²) in [6.45, 7) is 1.45. The summed E-state index contributed by atoms with van der Waals surface area (Å²) in [5.74, 6) is 0.664. The molecule has 0 saturated heterocycles. The number of H-pyrrole nitrogens is 1. The molecule has 4 aromatic heterocycles. The monoisotopic (exact) mass is 447 g/mol. The number of rotatable bonds is 5. The van der Waals surface area contributed by atoms with Gasteiger partial charge in [-0.15, -0.1) is 10.2 Å². The number of nitrogens with zero attached hydrogens (tertiary/aromatic N) is 5. The van der Waals surface area contributed by atoms with Crippen LogP contribution in [0.2, 0.25) is 5.02 Å². The van der Waals surface area contributed by atoms with Crippen molar-refractivity contribution in [2.24, 2.45) is 7.05 Å². The van der Waals surface area contributed by atoms with Crippen molar-refractivity contribution in [2.75, 3.05) is 5.32 Å². The van der Waals surface area contributed by atoms with Crippen molar-refractivity contribution in [3.05, 3.63) is 65.5 Å². The highest BCUT2D eigenvalue weighted by molar-refractivity contribution is 6.31. The molecule has 0 aliphatic rings. The number of hydrogen-bond donors (Lipinski definition) is 2. The van der Waals surface area contributed by atoms with Gasteiger partial charge >= 0.3 is 0 Å². The number of carbonyl (C=O) groups excluding carboxylic acids is 1. The molecule has 4 heterocycles. The molecule has 0 atom stereocenters. The van der Waals surface area contributed by atoms with Gasteiger partial charge in [-0.05, 0) is 23.8 Å². The van der Waals surface area contributed by atoms with E-state index in [0.29, 0.717) is 28.9 Å². The first-order chi connectivity index (χ1) is 15.5. The molecule has 32 heavy (non-hydrogen) atoms. The molecule has 9 nitrogen and oxygen atoms in total. The zero-order valence-electron chi connectivity index (χ0n) is 17.3. The highest BCUT2D eigenvalue weighted by Crippen LogP contribution is 2.31. The second-order valence-corrected chi connectivity index (χ2v) is 7.80. The Bertz CT molecular complexity index is 1450. The summed E-state index contributed by atoms with van der Waals surface area (Å²) in [5, 5.41) is 16.7. The fourth-order valence-corrected chi connectivity index (χ4v) is 3.72. The Morgan fingerprint density at radius 2 is 2.09 bits per heavy atom. The van der Waals surface area contributed by atoms with Gasteiger partial charge in [0.05, 0.1) is 18.2 Å². The van der Waals surface area contributed by atoms with E-state index < -0.39 is 0 Å². The predicted octanol–water partition coefficient (Wildman–Crippen LogP) is 4.22. The van der Waals surface area contributed by atoms with Crippen molar-refractivity contribution in [3.8, 4) is 22.6 Å². The first kappa shape index (κ1) is 20.0. The molecule has 0 radical (unpaired) electrons. The Morgan fingerprint density at radius 1 is 1.22 bits per heavy atom. The summed E-state index contributed by atoms with van der Waals surface area (Å²) in [4.78, 5) is 18.9. The largest absolute Gasteiger partial charge is 0.420 e. The van der Waals surface area contributed by atoms with E-state index in [0.717, 1.165) is 33.3 Å². The summed E-state index contributed by atoms with van der Waals surface area (Å²) in [6, 6.07) is 7.33. The number of anilines is 1. The Hall–Kier alpha value is -3.98. The molecule has 0 bridgehead atoms. The van der Waals surface area contributed by atoms with Gasteiger partial charge in [0.1, 0.15) is 5.65 Å². The molecule has 160 valence electrons. The maximum Gasteiger partial charge on any atom is 0.249 e. The fraction of sp³-hybridized carbons (Fsp3) is 0.136. The van der Waals surface area contributed by atoms with Crippen molar-refractivity contribution < 1.29 is 9.21 Å². The highest BCUT2D eigenvalue weighted by atomic mass is 35.5. The van der Waals surface area contributed by atoms with Gasteiger partial charge in [0.15, 0.2) is 0 Å². The molecule has 5 rings (SSSR count). The van der Waals surface area contributed by atoms with E-state index in [9.17, 15) is 4.79 Å². The van der Waals surface area contributed by atoms with Crippen molar-refractivity contribution >= 4 is 34.2 Å². The second kappa shape index (κ2) is 7.93. The van der Waals surface area contributed by atoms with E-state index >= 15 is 0 Å². The van der Waals surface area contributed by atoms with Crippen LogP contribution in [-0.2, 0) is 18.3 Å². The highest BCUT2D eigenvalue weighted by Gasteiger charge is 2.16. The van der Waals surface area contributed by atoms with Crippen LogP contribution in [0.3, 0.4) is 0 Å². The van der Waals surface area contributed by atoms with Crippen LogP contribution in [0.25, 0.3) is 33.6 Å². The van der Waals surface area contributed by atoms with Crippen LogP contribution in [0.4, 0.5) is 5.69 Å². The molecule has 10 heteroatoms. The number of aromatic amines is 1. The number of aryl methyl sites for hydroxylation is 1. The molecule has 1 aromatic carbocycles. The van der Waals surface area contributed by atoms with Gasteiger partial charge in [-0.25, -0.2) is 4.98 Å². The summed E-state index contributed by atoms with van der Waals surface area (Å²) >= 11 is 6.36. The normalized spacial score (nSPS) is 11.2. The molecule has 1 amide bonds. The molecule has 0 aliphatic carbocycles. The number of halogens is 1. The smallest absolute Gasteiger partial charge is 0.249 e. The van der Waals surface area contributed by atoms with E-state index in [2.05, 4.69) is 30.6 Å². The number of aromatic nitrogens is 6. The first-order valence-electron chi connectivity index (χ1n) is 9.81. The van der Waals surface area contributed by atoms with Crippen molar-refractivity contribution in [1.29, 1.82) is 0 Å². The minimum absolute atomic E-state index is 0.157. The van der Waals surface area contributed by atoms with Crippen LogP contribution in [-0.4, -0.2) is 35.9 Å². The molecular weight excluding hydrogens is 430 g/mol. The number of benzene rings is 1. The lowest BCUT2D eigenvalue weighted by atomic mass is 10.1. The number of carbonyl (C=O) groups is 1. The third-order valence-corrected chi connectivity index (χ3v) is 5.33. The predicted molar refractivity (Wildman–Crippen MR) is 120 cm³/mol. The summed E-state index contributed by atoms with van der Waals surface area (Å²) < 4.78 is 7.67. The lowest BCUT2D eigenvalue weighted by molar-refractivity contribution is -0.114. The van der Waals surface area contributed by atoms with E-state index in [-0.39, 0.29) is 5.91 Å². The number of fused-ring (bicyclic) bond motifs is 1. The SMILES string of the molecule is CC(=O)Nc1ccc(Cc2nnc(-c3c[nH]c4ncc(-c5cnn(C)c5)cc34)o2)c(Cl)c1. The van der Waals surface area contributed by atoms with Gasteiger partial charge in [0.25, 0.3) is 0 Å². The molecule has 0 aliphatic heterocycles. The Morgan fingerprint density at radius 3 is 2.84 bits per heavy atom. The Balaban J connectivity index is 1.43. The van der Waals surface area contributed by atoms with Crippen LogP contribution in [0.1, 0.15) is 18.4 Å². The third kappa shape index (κ3) is 3.85. The maximum atomic E-state index is 11.2. The van der Waals surface area contributed by atoms with Crippen LogP contribution in [0.15, 0.2) is 53.5 Å². The van der Waals surface area contributed by atoms with Gasteiger partial charge in [0, 0.05) is 59.8 Å². The summed E-state index contributed by atoms with van der Waals surface area (Å²) in [5.41, 5.74) is 4.85. The lowest BCUT2D eigenvalue weighted by Gasteiger charge is -2.06. The second-order valence-electron chi connectivity index (χ2n) is 7.39. The number of nitrogens with one attached hydrogen (secondary N) is 2. The summed E-state index contributed by atoms with van der Waals surface area (Å²) in [6.07, 6.45) is 7.69. The van der Waals surface area contributed by atoms with Crippen LogP contribution in [0, 0.1) is 0 Å². The van der Waals surface area contributed by atoms with Crippen LogP contribution >= 0.6 is 11.6 Å². The van der Waals surface area contributed by atoms with Crippen LogP contribution in [0.5, 0.6) is 0 Å². The van der Waals surface area contributed by atoms with Gasteiger partial charge in [-0.2, -0.15) is 5.10 Å². The average molecular weight is 448 g/mol. The minimum atomic E-state index is -0.157. The number of amides is 1. The molecule has 0 spiro atoms. The maximum absolute atomic E-state index is 11.2. The third-order valence-electron chi connectivity index (χ3n) is 4.98. The number of pyridine rings is 1. The van der Waals surface area contributed by atoms with E-state index in [1.165, 1.54) is 6.92 Å². The van der Waals surface area contributed by atoms with E-state index in [1.807, 2.05) is 25.4 Å².